The molecule has 0 aliphatic rings. The number of rotatable bonds is 20. The van der Waals surface area contributed by atoms with Crippen LogP contribution in [-0.2, 0) is 30.3 Å². The van der Waals surface area contributed by atoms with Crippen molar-refractivity contribution >= 4 is 23.5 Å². The average molecular weight is 585 g/mol. The summed E-state index contributed by atoms with van der Waals surface area (Å²) in [4.78, 5) is 37.7. The van der Waals surface area contributed by atoms with Gasteiger partial charge in [0.1, 0.15) is 6.61 Å². The van der Waals surface area contributed by atoms with E-state index in [-0.39, 0.29) is 6.61 Å². The lowest BCUT2D eigenvalue weighted by Crippen LogP contribution is -2.50. The molecule has 0 aromatic heterocycles. The summed E-state index contributed by atoms with van der Waals surface area (Å²) in [6.07, 6.45) is 2.70. The largest absolute Gasteiger partial charge is 0.480 e. The SMILES string of the molecule is Cc1ccc(CCCCCO[C@@H](C(=O)N(C)CCCCCNc2ccc(C)c(C)c2)[C@@H](OCC(=O)O)C(=O)O)cc1C. The maximum absolute atomic E-state index is 13.3. The lowest BCUT2D eigenvalue weighted by Gasteiger charge is -2.27. The Hall–Kier alpha value is -3.43. The zero-order chi connectivity index (χ0) is 31.1. The van der Waals surface area contributed by atoms with Crippen LogP contribution in [0.3, 0.4) is 0 Å². The topological polar surface area (TPSA) is 125 Å². The third kappa shape index (κ3) is 12.2. The van der Waals surface area contributed by atoms with Gasteiger partial charge in [-0.3, -0.25) is 4.79 Å². The van der Waals surface area contributed by atoms with Crippen LogP contribution >= 0.6 is 0 Å². The monoisotopic (exact) mass is 584 g/mol. The summed E-state index contributed by atoms with van der Waals surface area (Å²) < 4.78 is 10.9. The minimum Gasteiger partial charge on any atom is -0.480 e. The van der Waals surface area contributed by atoms with Crippen LogP contribution in [-0.4, -0.2) is 78.5 Å². The Morgan fingerprint density at radius 2 is 1.45 bits per heavy atom. The fourth-order valence-corrected chi connectivity index (χ4v) is 4.58. The highest BCUT2D eigenvalue weighted by Gasteiger charge is 2.37. The highest BCUT2D eigenvalue weighted by Crippen LogP contribution is 2.16. The lowest BCUT2D eigenvalue weighted by atomic mass is 10.0. The number of likely N-dealkylation sites (N-methyl/N-ethyl adjacent to an activating group) is 1. The molecule has 0 aliphatic carbocycles. The number of nitrogens with zero attached hydrogens (tertiary/aromatic N) is 1. The van der Waals surface area contributed by atoms with Crippen LogP contribution in [0.1, 0.15) is 66.3 Å². The number of hydrogen-bond acceptors (Lipinski definition) is 6. The Morgan fingerprint density at radius 1 is 0.786 bits per heavy atom. The standard InChI is InChI=1S/C33H48N2O7/c1-23-13-15-27(20-25(23)3)12-8-6-11-19-41-30(31(33(39)40)42-22-29(36)37)32(38)35(5)18-10-7-9-17-34-28-16-14-24(2)26(4)21-28/h13-16,20-21,30-31,34H,6-12,17-19,22H2,1-5H3,(H,36,37)(H,39,40)/t30-,31-/m1/s1. The van der Waals surface area contributed by atoms with Crippen LogP contribution in [0.5, 0.6) is 0 Å². The molecule has 0 bridgehead atoms. The molecule has 0 spiro atoms. The minimum atomic E-state index is -1.71. The van der Waals surface area contributed by atoms with Crippen molar-refractivity contribution in [3.05, 3.63) is 64.2 Å². The van der Waals surface area contributed by atoms with Crippen molar-refractivity contribution in [3.63, 3.8) is 0 Å². The van der Waals surface area contributed by atoms with E-state index in [4.69, 9.17) is 14.6 Å². The molecule has 9 nitrogen and oxygen atoms in total. The number of carboxylic acid groups (broad SMARTS) is 2. The van der Waals surface area contributed by atoms with Gasteiger partial charge in [0, 0.05) is 32.4 Å². The molecule has 0 saturated carbocycles. The van der Waals surface area contributed by atoms with Crippen molar-refractivity contribution in [2.24, 2.45) is 0 Å². The van der Waals surface area contributed by atoms with E-state index in [1.54, 1.807) is 7.05 Å². The van der Waals surface area contributed by atoms with E-state index in [1.165, 1.54) is 32.7 Å². The number of carbonyl (C=O) groups is 3. The lowest BCUT2D eigenvalue weighted by molar-refractivity contribution is -0.175. The van der Waals surface area contributed by atoms with Gasteiger partial charge in [-0.15, -0.1) is 0 Å². The number of aliphatic carboxylic acids is 2. The van der Waals surface area contributed by atoms with Gasteiger partial charge in [0.2, 0.25) is 0 Å². The molecule has 2 rings (SSSR count). The number of nitrogens with one attached hydrogen (secondary N) is 1. The number of anilines is 1. The van der Waals surface area contributed by atoms with Gasteiger partial charge >= 0.3 is 11.9 Å². The number of benzene rings is 2. The molecule has 9 heteroatoms. The van der Waals surface area contributed by atoms with Gasteiger partial charge in [-0.1, -0.05) is 30.7 Å². The molecule has 232 valence electrons. The van der Waals surface area contributed by atoms with Gasteiger partial charge in [-0.05, 0) is 106 Å². The molecule has 3 N–H and O–H groups in total. The smallest absolute Gasteiger partial charge is 0.336 e. The predicted molar refractivity (Wildman–Crippen MR) is 164 cm³/mol. The van der Waals surface area contributed by atoms with Gasteiger partial charge < -0.3 is 29.9 Å². The van der Waals surface area contributed by atoms with Crippen molar-refractivity contribution in [3.8, 4) is 0 Å². The minimum absolute atomic E-state index is 0.168. The quantitative estimate of drug-likeness (QED) is 0.179. The van der Waals surface area contributed by atoms with Gasteiger partial charge in [-0.25, -0.2) is 9.59 Å². The summed E-state index contributed by atoms with van der Waals surface area (Å²) in [5, 5.41) is 22.1. The van der Waals surface area contributed by atoms with E-state index in [0.29, 0.717) is 13.0 Å². The van der Waals surface area contributed by atoms with Crippen molar-refractivity contribution < 1.29 is 34.1 Å². The molecule has 0 radical (unpaired) electrons. The van der Waals surface area contributed by atoms with Crippen molar-refractivity contribution in [2.75, 3.05) is 38.7 Å². The fraction of sp³-hybridized carbons (Fsp3) is 0.545. The van der Waals surface area contributed by atoms with E-state index >= 15 is 0 Å². The Kier molecular flexibility index (Phi) is 15.1. The van der Waals surface area contributed by atoms with Crippen molar-refractivity contribution in [1.82, 2.24) is 4.90 Å². The highest BCUT2D eigenvalue weighted by atomic mass is 16.6. The zero-order valence-electron chi connectivity index (χ0n) is 25.8. The predicted octanol–water partition coefficient (Wildman–Crippen LogP) is 5.31. The second kappa shape index (κ2) is 18.2. The van der Waals surface area contributed by atoms with Crippen LogP contribution in [0.15, 0.2) is 36.4 Å². The maximum Gasteiger partial charge on any atom is 0.336 e. The number of amides is 1. The molecule has 2 aromatic rings. The number of carboxylic acids is 2. The molecule has 2 atom stereocenters. The Morgan fingerprint density at radius 3 is 2.10 bits per heavy atom. The Bertz CT molecular complexity index is 1170. The molecule has 0 saturated heterocycles. The van der Waals surface area contributed by atoms with Crippen molar-refractivity contribution in [2.45, 2.75) is 84.8 Å². The van der Waals surface area contributed by atoms with Crippen LogP contribution in [0.4, 0.5) is 5.69 Å². The van der Waals surface area contributed by atoms with Gasteiger partial charge in [0.15, 0.2) is 12.2 Å². The summed E-state index contributed by atoms with van der Waals surface area (Å²) >= 11 is 0. The summed E-state index contributed by atoms with van der Waals surface area (Å²) in [7, 11) is 1.60. The van der Waals surface area contributed by atoms with Crippen LogP contribution in [0, 0.1) is 27.7 Å². The summed E-state index contributed by atoms with van der Waals surface area (Å²) in [6, 6.07) is 12.7. The first-order valence-corrected chi connectivity index (χ1v) is 14.8. The van der Waals surface area contributed by atoms with Gasteiger partial charge in [-0.2, -0.15) is 0 Å². The first-order valence-electron chi connectivity index (χ1n) is 14.8. The molecular formula is C33H48N2O7. The molecule has 2 aromatic carbocycles. The summed E-state index contributed by atoms with van der Waals surface area (Å²) in [6.45, 7) is 8.90. The number of ether oxygens (including phenoxy) is 2. The molecule has 1 amide bonds. The van der Waals surface area contributed by atoms with E-state index in [2.05, 4.69) is 69.4 Å². The average Bonchev–Trinajstić information content (AvgIpc) is 2.94. The second-order valence-electron chi connectivity index (χ2n) is 11.0. The summed E-state index contributed by atoms with van der Waals surface area (Å²) in [5.41, 5.74) is 7.36. The van der Waals surface area contributed by atoms with E-state index in [0.717, 1.165) is 50.8 Å². The van der Waals surface area contributed by atoms with Crippen LogP contribution in [0.25, 0.3) is 0 Å². The molecule has 0 unspecified atom stereocenters. The number of aryl methyl sites for hydroxylation is 5. The molecule has 42 heavy (non-hydrogen) atoms. The van der Waals surface area contributed by atoms with Crippen LogP contribution < -0.4 is 5.32 Å². The van der Waals surface area contributed by atoms with Gasteiger partial charge in [0.25, 0.3) is 5.91 Å². The molecule has 0 fully saturated rings. The zero-order valence-corrected chi connectivity index (χ0v) is 25.8. The van der Waals surface area contributed by atoms with Crippen molar-refractivity contribution in [1.29, 1.82) is 0 Å². The highest BCUT2D eigenvalue weighted by molar-refractivity contribution is 5.88. The molecule has 0 heterocycles. The van der Waals surface area contributed by atoms with E-state index in [1.807, 2.05) is 0 Å². The summed E-state index contributed by atoms with van der Waals surface area (Å²) in [5.74, 6) is -3.28. The normalized spacial score (nSPS) is 12.5. The molecular weight excluding hydrogens is 536 g/mol. The second-order valence-corrected chi connectivity index (χ2v) is 11.0. The Labute approximate surface area is 250 Å². The third-order valence-electron chi connectivity index (χ3n) is 7.51. The maximum atomic E-state index is 13.3. The third-order valence-corrected chi connectivity index (χ3v) is 7.51. The molecule has 0 aliphatic heterocycles. The number of carbonyl (C=O) groups excluding carboxylic acids is 1. The van der Waals surface area contributed by atoms with Crippen LogP contribution in [0.2, 0.25) is 0 Å². The first-order chi connectivity index (χ1) is 20.0. The first kappa shape index (κ1) is 34.8. The van der Waals surface area contributed by atoms with E-state index < -0.39 is 36.7 Å². The fourth-order valence-electron chi connectivity index (χ4n) is 4.58. The van der Waals surface area contributed by atoms with E-state index in [9.17, 15) is 19.5 Å². The van der Waals surface area contributed by atoms with Gasteiger partial charge in [0.05, 0.1) is 0 Å². The Balaban J connectivity index is 1.83. The number of unbranched alkanes of at least 4 members (excludes halogenated alkanes) is 4. The number of hydrogen-bond donors (Lipinski definition) is 3.